The first kappa shape index (κ1) is 32.8. The quantitative estimate of drug-likeness (QED) is 0.320. The van der Waals surface area contributed by atoms with Crippen LogP contribution < -0.4 is 9.44 Å². The van der Waals surface area contributed by atoms with E-state index in [1.807, 2.05) is 4.57 Å². The van der Waals surface area contributed by atoms with Crippen molar-refractivity contribution < 1.29 is 27.0 Å². The van der Waals surface area contributed by atoms with Crippen molar-refractivity contribution in [1.82, 2.24) is 14.0 Å². The summed E-state index contributed by atoms with van der Waals surface area (Å²) in [5, 5.41) is 21.2. The van der Waals surface area contributed by atoms with E-state index in [9.17, 15) is 27.0 Å². The maximum Gasteiger partial charge on any atom is 0.242 e. The Hall–Kier alpha value is -1.76. The summed E-state index contributed by atoms with van der Waals surface area (Å²) in [6.07, 6.45) is 5.58. The first-order valence-electron chi connectivity index (χ1n) is 13.9. The van der Waals surface area contributed by atoms with Crippen LogP contribution in [-0.2, 0) is 32.2 Å². The summed E-state index contributed by atoms with van der Waals surface area (Å²) < 4.78 is 60.5. The zero-order valence-electron chi connectivity index (χ0n) is 25.1. The Labute approximate surface area is 240 Å². The Morgan fingerprint density at radius 3 is 2.00 bits per heavy atom. The summed E-state index contributed by atoms with van der Waals surface area (Å²) in [6, 6.07) is 6.39. The molecule has 0 radical (unpaired) electrons. The molecule has 0 aliphatic heterocycles. The minimum atomic E-state index is -3.96. The number of aromatic nitrogens is 1. The van der Waals surface area contributed by atoms with E-state index in [2.05, 4.69) is 9.44 Å². The lowest BCUT2D eigenvalue weighted by Gasteiger charge is -2.27. The Morgan fingerprint density at radius 1 is 0.875 bits per heavy atom. The largest absolute Gasteiger partial charge is 0.389 e. The van der Waals surface area contributed by atoms with E-state index < -0.39 is 36.8 Å². The normalized spacial score (nSPS) is 16.4. The molecule has 1 aromatic carbocycles. The number of nitrogens with one attached hydrogen (secondary N) is 2. The van der Waals surface area contributed by atoms with Gasteiger partial charge in [0.05, 0.1) is 16.1 Å². The molecule has 9 nitrogen and oxygen atoms in total. The lowest BCUT2D eigenvalue weighted by Crippen LogP contribution is -2.41. The van der Waals surface area contributed by atoms with E-state index in [0.717, 1.165) is 25.7 Å². The Morgan fingerprint density at radius 2 is 1.48 bits per heavy atom. The number of hydrogen-bond donors (Lipinski definition) is 4. The molecular weight excluding hydrogens is 550 g/mol. The first-order valence-corrected chi connectivity index (χ1v) is 16.9. The van der Waals surface area contributed by atoms with Gasteiger partial charge in [0.15, 0.2) is 0 Å². The van der Waals surface area contributed by atoms with Gasteiger partial charge in [-0.3, -0.25) is 0 Å². The van der Waals surface area contributed by atoms with Gasteiger partial charge in [0, 0.05) is 35.6 Å². The molecule has 1 fully saturated rings. The Bertz CT molecular complexity index is 1420. The van der Waals surface area contributed by atoms with Gasteiger partial charge in [-0.2, -0.15) is 0 Å². The highest BCUT2D eigenvalue weighted by Gasteiger charge is 2.32. The zero-order valence-corrected chi connectivity index (χ0v) is 26.8. The van der Waals surface area contributed by atoms with Crippen LogP contribution in [0.5, 0.6) is 0 Å². The van der Waals surface area contributed by atoms with Gasteiger partial charge in [-0.05, 0) is 97.9 Å². The molecule has 1 saturated carbocycles. The van der Waals surface area contributed by atoms with Gasteiger partial charge in [0.2, 0.25) is 20.0 Å². The number of benzene rings is 1. The highest BCUT2D eigenvalue weighted by molar-refractivity contribution is 7.89. The first-order chi connectivity index (χ1) is 18.1. The SMILES string of the molecule is Cc1c(S(=O)(=O)NCC(C)(C)O)cc(-c2ccc(S(=O)(=O)NC(C)(C)C)c(C(C)(C)O)c2)n1CC1CCCCC1. The molecule has 40 heavy (non-hydrogen) atoms. The lowest BCUT2D eigenvalue weighted by molar-refractivity contribution is 0.0755. The van der Waals surface area contributed by atoms with Crippen LogP contribution in [0.15, 0.2) is 34.1 Å². The number of nitrogens with zero attached hydrogens (tertiary/aromatic N) is 1. The monoisotopic (exact) mass is 597 g/mol. The molecule has 11 heteroatoms. The van der Waals surface area contributed by atoms with Crippen LogP contribution in [0.25, 0.3) is 11.3 Å². The standard InChI is InChI=1S/C29H47N3O6S2/c1-20-26(39(35,36)30-19-28(5,6)33)17-24(32(20)18-21-12-10-9-11-13-21)22-14-15-25(23(16-22)29(7,8)34)40(37,38)31-27(2,3)4/h14-17,21,30-31,33-34H,9-13,18-19H2,1-8H3. The highest BCUT2D eigenvalue weighted by Crippen LogP contribution is 2.36. The highest BCUT2D eigenvalue weighted by atomic mass is 32.2. The van der Waals surface area contributed by atoms with Gasteiger partial charge in [0.25, 0.3) is 0 Å². The third kappa shape index (κ3) is 8.17. The molecule has 1 aromatic heterocycles. The van der Waals surface area contributed by atoms with Crippen molar-refractivity contribution in [1.29, 1.82) is 0 Å². The van der Waals surface area contributed by atoms with Crippen LogP contribution in [0.1, 0.15) is 91.8 Å². The predicted octanol–water partition coefficient (Wildman–Crippen LogP) is 4.40. The number of aliphatic hydroxyl groups is 2. The van der Waals surface area contributed by atoms with E-state index in [0.29, 0.717) is 29.4 Å². The summed E-state index contributed by atoms with van der Waals surface area (Å²) in [7, 11) is -7.91. The van der Waals surface area contributed by atoms with Crippen LogP contribution in [0.2, 0.25) is 0 Å². The average molecular weight is 598 g/mol. The molecule has 2 aromatic rings. The van der Waals surface area contributed by atoms with Gasteiger partial charge < -0.3 is 14.8 Å². The van der Waals surface area contributed by atoms with E-state index >= 15 is 0 Å². The summed E-state index contributed by atoms with van der Waals surface area (Å²) in [6.45, 7) is 13.6. The van der Waals surface area contributed by atoms with Gasteiger partial charge in [-0.15, -0.1) is 0 Å². The maximum absolute atomic E-state index is 13.4. The molecule has 0 bridgehead atoms. The molecule has 4 N–H and O–H groups in total. The minimum absolute atomic E-state index is 0.0273. The van der Waals surface area contributed by atoms with E-state index in [4.69, 9.17) is 0 Å². The van der Waals surface area contributed by atoms with Crippen LogP contribution in [0.4, 0.5) is 0 Å². The van der Waals surface area contributed by atoms with Crippen molar-refractivity contribution in [2.45, 2.75) is 121 Å². The summed E-state index contributed by atoms with van der Waals surface area (Å²) >= 11 is 0. The van der Waals surface area contributed by atoms with Crippen molar-refractivity contribution in [2.24, 2.45) is 5.92 Å². The third-order valence-electron chi connectivity index (χ3n) is 7.13. The van der Waals surface area contributed by atoms with Gasteiger partial charge >= 0.3 is 0 Å². The molecule has 3 rings (SSSR count). The van der Waals surface area contributed by atoms with E-state index in [1.54, 1.807) is 45.9 Å². The second kappa shape index (κ2) is 11.5. The summed E-state index contributed by atoms with van der Waals surface area (Å²) in [4.78, 5) is 0.0823. The van der Waals surface area contributed by atoms with Gasteiger partial charge in [0.1, 0.15) is 4.90 Å². The van der Waals surface area contributed by atoms with Crippen LogP contribution in [0.3, 0.4) is 0 Å². The molecule has 1 heterocycles. The zero-order chi connectivity index (χ0) is 30.3. The second-order valence-corrected chi connectivity index (χ2v) is 16.7. The van der Waals surface area contributed by atoms with Crippen molar-refractivity contribution in [2.75, 3.05) is 6.54 Å². The molecule has 0 amide bonds. The van der Waals surface area contributed by atoms with Crippen LogP contribution >= 0.6 is 0 Å². The van der Waals surface area contributed by atoms with Crippen molar-refractivity contribution in [3.8, 4) is 11.3 Å². The van der Waals surface area contributed by atoms with Crippen LogP contribution in [-0.4, -0.2) is 49.3 Å². The summed E-state index contributed by atoms with van der Waals surface area (Å²) in [5.41, 5.74) is -1.41. The smallest absolute Gasteiger partial charge is 0.242 e. The van der Waals surface area contributed by atoms with Crippen molar-refractivity contribution in [3.63, 3.8) is 0 Å². The fraction of sp³-hybridized carbons (Fsp3) is 0.655. The molecule has 1 aliphatic rings. The van der Waals surface area contributed by atoms with E-state index in [-0.39, 0.29) is 21.9 Å². The second-order valence-electron chi connectivity index (χ2n) is 13.4. The average Bonchev–Trinajstić information content (AvgIpc) is 3.12. The van der Waals surface area contributed by atoms with E-state index in [1.165, 1.54) is 40.2 Å². The number of hydrogen-bond acceptors (Lipinski definition) is 6. The Balaban J connectivity index is 2.20. The van der Waals surface area contributed by atoms with Crippen molar-refractivity contribution in [3.05, 3.63) is 35.5 Å². The molecule has 226 valence electrons. The fourth-order valence-corrected chi connectivity index (χ4v) is 8.43. The molecule has 0 atom stereocenters. The third-order valence-corrected chi connectivity index (χ3v) is 10.5. The fourth-order valence-electron chi connectivity index (χ4n) is 5.20. The predicted molar refractivity (Wildman–Crippen MR) is 158 cm³/mol. The summed E-state index contributed by atoms with van der Waals surface area (Å²) in [5.74, 6) is 0.392. The number of rotatable bonds is 10. The maximum atomic E-state index is 13.4. The molecule has 1 aliphatic carbocycles. The molecule has 0 saturated heterocycles. The Kier molecular flexibility index (Phi) is 9.41. The van der Waals surface area contributed by atoms with Gasteiger partial charge in [-0.1, -0.05) is 25.3 Å². The van der Waals surface area contributed by atoms with Crippen molar-refractivity contribution >= 4 is 20.0 Å². The van der Waals surface area contributed by atoms with Crippen LogP contribution in [0, 0.1) is 12.8 Å². The lowest BCUT2D eigenvalue weighted by atomic mass is 9.89. The van der Waals surface area contributed by atoms with Gasteiger partial charge in [-0.25, -0.2) is 26.3 Å². The topological polar surface area (TPSA) is 138 Å². The number of sulfonamides is 2. The minimum Gasteiger partial charge on any atom is -0.389 e. The molecule has 0 spiro atoms. The molecular formula is C29H47N3O6S2. The molecule has 0 unspecified atom stereocenters.